The van der Waals surface area contributed by atoms with Crippen LogP contribution in [0.5, 0.6) is 11.5 Å². The van der Waals surface area contributed by atoms with Gasteiger partial charge in [-0.1, -0.05) is 18.2 Å². The fraction of sp³-hybridized carbons (Fsp3) is 0.440. The van der Waals surface area contributed by atoms with Crippen LogP contribution in [-0.2, 0) is 4.74 Å². The molecule has 1 aliphatic rings. The van der Waals surface area contributed by atoms with Crippen molar-refractivity contribution in [2.45, 2.75) is 38.7 Å². The molecule has 2 aromatic carbocycles. The third-order valence-electron chi connectivity index (χ3n) is 5.36. The maximum absolute atomic E-state index is 12.7. The third kappa shape index (κ3) is 6.14. The van der Waals surface area contributed by atoms with Gasteiger partial charge in [0.05, 0.1) is 25.3 Å². The molecular weight excluding hydrogens is 392 g/mol. The number of benzene rings is 2. The monoisotopic (exact) mass is 422 g/mol. The topological polar surface area (TPSA) is 71.8 Å². The Balaban J connectivity index is 1.77. The van der Waals surface area contributed by atoms with Gasteiger partial charge < -0.3 is 19.1 Å². The molecule has 1 amide bonds. The molecule has 2 aromatic rings. The number of hydrogen-bond acceptors (Lipinski definition) is 5. The normalized spacial score (nSPS) is 18.7. The predicted molar refractivity (Wildman–Crippen MR) is 118 cm³/mol. The summed E-state index contributed by atoms with van der Waals surface area (Å²) in [4.78, 5) is 14.4. The zero-order valence-electron chi connectivity index (χ0n) is 18.6. The molecule has 31 heavy (non-hydrogen) atoms. The molecule has 0 bridgehead atoms. The minimum Gasteiger partial charge on any atom is -0.497 e. The minimum atomic E-state index is -0.534. The molecule has 0 unspecified atom stereocenters. The van der Waals surface area contributed by atoms with Gasteiger partial charge in [-0.15, -0.1) is 0 Å². The van der Waals surface area contributed by atoms with Gasteiger partial charge in [0.25, 0.3) is 0 Å². The van der Waals surface area contributed by atoms with Crippen LogP contribution in [-0.4, -0.2) is 43.4 Å². The summed E-state index contributed by atoms with van der Waals surface area (Å²) in [6.45, 7) is 7.23. The Hall–Kier alpha value is -3.20. The van der Waals surface area contributed by atoms with Crippen LogP contribution in [0.15, 0.2) is 48.5 Å². The van der Waals surface area contributed by atoms with Gasteiger partial charge in [0.15, 0.2) is 0 Å². The van der Waals surface area contributed by atoms with Crippen molar-refractivity contribution < 1.29 is 19.0 Å². The summed E-state index contributed by atoms with van der Waals surface area (Å²) < 4.78 is 16.9. The van der Waals surface area contributed by atoms with E-state index < -0.39 is 5.60 Å². The molecule has 1 heterocycles. The average molecular weight is 423 g/mol. The minimum absolute atomic E-state index is 0.0837. The van der Waals surface area contributed by atoms with E-state index in [1.165, 1.54) is 5.56 Å². The molecule has 6 nitrogen and oxygen atoms in total. The van der Waals surface area contributed by atoms with E-state index in [0.717, 1.165) is 12.2 Å². The van der Waals surface area contributed by atoms with Crippen molar-refractivity contribution in [1.82, 2.24) is 4.90 Å². The van der Waals surface area contributed by atoms with Crippen LogP contribution >= 0.6 is 0 Å². The Morgan fingerprint density at radius 2 is 1.90 bits per heavy atom. The molecule has 0 spiro atoms. The van der Waals surface area contributed by atoms with E-state index in [0.29, 0.717) is 31.0 Å². The number of nitrogens with zero attached hydrogens (tertiary/aromatic N) is 2. The third-order valence-corrected chi connectivity index (χ3v) is 5.36. The highest BCUT2D eigenvalue weighted by atomic mass is 16.6. The maximum atomic E-state index is 12.7. The molecule has 1 fully saturated rings. The van der Waals surface area contributed by atoms with Gasteiger partial charge in [-0.25, -0.2) is 4.79 Å². The summed E-state index contributed by atoms with van der Waals surface area (Å²) in [5.41, 5.74) is 1.22. The summed E-state index contributed by atoms with van der Waals surface area (Å²) in [5.74, 6) is 1.79. The van der Waals surface area contributed by atoms with E-state index in [1.54, 1.807) is 24.1 Å². The van der Waals surface area contributed by atoms with Gasteiger partial charge >= 0.3 is 6.09 Å². The lowest BCUT2D eigenvalue weighted by Gasteiger charge is -2.39. The van der Waals surface area contributed by atoms with Crippen molar-refractivity contribution in [3.63, 3.8) is 0 Å². The first kappa shape index (κ1) is 22.5. The van der Waals surface area contributed by atoms with Crippen molar-refractivity contribution in [1.29, 1.82) is 5.26 Å². The molecule has 1 saturated heterocycles. The van der Waals surface area contributed by atoms with Gasteiger partial charge in [-0.05, 0) is 69.0 Å². The molecule has 0 aromatic heterocycles. The van der Waals surface area contributed by atoms with Crippen LogP contribution in [0.25, 0.3) is 0 Å². The predicted octanol–water partition coefficient (Wildman–Crippen LogP) is 4.99. The van der Waals surface area contributed by atoms with Crippen LogP contribution in [0.3, 0.4) is 0 Å². The fourth-order valence-electron chi connectivity index (χ4n) is 3.84. The second-order valence-corrected chi connectivity index (χ2v) is 8.81. The first-order chi connectivity index (χ1) is 14.8. The van der Waals surface area contributed by atoms with E-state index in [9.17, 15) is 4.79 Å². The summed E-state index contributed by atoms with van der Waals surface area (Å²) in [7, 11) is 1.65. The maximum Gasteiger partial charge on any atom is 0.410 e. The number of hydrogen-bond donors (Lipinski definition) is 0. The molecule has 2 atom stereocenters. The second-order valence-electron chi connectivity index (χ2n) is 8.81. The van der Waals surface area contributed by atoms with Gasteiger partial charge in [-0.2, -0.15) is 5.26 Å². The lowest BCUT2D eigenvalue weighted by Crippen LogP contribution is -2.46. The SMILES string of the molecule is COc1ccc([C@@H]2CCN(C(=O)OC(C)(C)C)C[C@@H]2COc2cccc(C#N)c2)cc1. The highest BCUT2D eigenvalue weighted by molar-refractivity contribution is 5.68. The number of rotatable bonds is 5. The van der Waals surface area contributed by atoms with Crippen LogP contribution in [0.1, 0.15) is 44.2 Å². The summed E-state index contributed by atoms with van der Waals surface area (Å²) >= 11 is 0. The van der Waals surface area contributed by atoms with Crippen molar-refractivity contribution in [2.75, 3.05) is 26.8 Å². The van der Waals surface area contributed by atoms with Crippen LogP contribution in [0.4, 0.5) is 4.79 Å². The number of methoxy groups -OCH3 is 1. The molecule has 6 heteroatoms. The summed E-state index contributed by atoms with van der Waals surface area (Å²) in [6.07, 6.45) is 0.523. The quantitative estimate of drug-likeness (QED) is 0.679. The number of likely N-dealkylation sites (tertiary alicyclic amines) is 1. The second kappa shape index (κ2) is 9.74. The Labute approximate surface area is 184 Å². The van der Waals surface area contributed by atoms with Crippen molar-refractivity contribution in [3.05, 3.63) is 59.7 Å². The Morgan fingerprint density at radius 1 is 1.16 bits per heavy atom. The van der Waals surface area contributed by atoms with E-state index in [-0.39, 0.29) is 17.9 Å². The molecule has 0 radical (unpaired) electrons. The van der Waals surface area contributed by atoms with Gasteiger partial charge in [0.2, 0.25) is 0 Å². The van der Waals surface area contributed by atoms with Gasteiger partial charge in [0.1, 0.15) is 17.1 Å². The van der Waals surface area contributed by atoms with E-state index in [2.05, 4.69) is 18.2 Å². The molecule has 1 aliphatic heterocycles. The zero-order valence-corrected chi connectivity index (χ0v) is 18.6. The molecule has 0 aliphatic carbocycles. The summed E-state index contributed by atoms with van der Waals surface area (Å²) in [6, 6.07) is 17.4. The standard InChI is InChI=1S/C25H30N2O4/c1-25(2,3)31-24(28)27-13-12-23(19-8-10-21(29-4)11-9-19)20(16-27)17-30-22-7-5-6-18(14-22)15-26/h5-11,14,20,23H,12-13,16-17H2,1-4H3/t20-,23+/m1/s1. The number of carbonyl (C=O) groups excluding carboxylic acids is 1. The lowest BCUT2D eigenvalue weighted by molar-refractivity contribution is 0.0111. The van der Waals surface area contributed by atoms with Gasteiger partial charge in [0, 0.05) is 19.0 Å². The molecule has 0 saturated carbocycles. The largest absolute Gasteiger partial charge is 0.497 e. The number of carbonyl (C=O) groups is 1. The van der Waals surface area contributed by atoms with Crippen LogP contribution in [0, 0.1) is 17.2 Å². The lowest BCUT2D eigenvalue weighted by atomic mass is 9.81. The van der Waals surface area contributed by atoms with Crippen LogP contribution in [0.2, 0.25) is 0 Å². The number of nitriles is 1. The molecule has 3 rings (SSSR count). The first-order valence-corrected chi connectivity index (χ1v) is 10.5. The Morgan fingerprint density at radius 3 is 2.55 bits per heavy atom. The zero-order chi connectivity index (χ0) is 22.4. The summed E-state index contributed by atoms with van der Waals surface area (Å²) in [5, 5.41) is 9.13. The Kier molecular flexibility index (Phi) is 7.06. The number of ether oxygens (including phenoxy) is 3. The molecular formula is C25H30N2O4. The van der Waals surface area contributed by atoms with Crippen LogP contribution < -0.4 is 9.47 Å². The fourth-order valence-corrected chi connectivity index (χ4v) is 3.84. The molecule has 164 valence electrons. The van der Waals surface area contributed by atoms with E-state index >= 15 is 0 Å². The Bertz CT molecular complexity index is 928. The number of amides is 1. The first-order valence-electron chi connectivity index (χ1n) is 10.5. The molecule has 0 N–H and O–H groups in total. The van der Waals surface area contributed by atoms with E-state index in [1.807, 2.05) is 45.0 Å². The van der Waals surface area contributed by atoms with Gasteiger partial charge in [-0.3, -0.25) is 0 Å². The van der Waals surface area contributed by atoms with E-state index in [4.69, 9.17) is 19.5 Å². The smallest absolute Gasteiger partial charge is 0.410 e. The van der Waals surface area contributed by atoms with Crippen molar-refractivity contribution >= 4 is 6.09 Å². The number of piperidine rings is 1. The highest BCUT2D eigenvalue weighted by Gasteiger charge is 2.34. The van der Waals surface area contributed by atoms with Crippen molar-refractivity contribution in [3.8, 4) is 17.6 Å². The van der Waals surface area contributed by atoms with Crippen molar-refractivity contribution in [2.24, 2.45) is 5.92 Å². The average Bonchev–Trinajstić information content (AvgIpc) is 2.76. The highest BCUT2D eigenvalue weighted by Crippen LogP contribution is 2.35.